The van der Waals surface area contributed by atoms with Gasteiger partial charge in [-0.25, -0.2) is 0 Å². The van der Waals surface area contributed by atoms with Crippen molar-refractivity contribution in [3.63, 3.8) is 0 Å². The molecule has 18 heavy (non-hydrogen) atoms. The zero-order valence-corrected chi connectivity index (χ0v) is 11.2. The Balaban J connectivity index is 1.90. The average molecular weight is 252 g/mol. The lowest BCUT2D eigenvalue weighted by Crippen LogP contribution is -2.25. The average Bonchev–Trinajstić information content (AvgIpc) is 2.82. The third kappa shape index (κ3) is 2.54. The van der Waals surface area contributed by atoms with Gasteiger partial charge in [0.2, 0.25) is 0 Å². The van der Waals surface area contributed by atoms with E-state index in [0.717, 1.165) is 17.6 Å². The van der Waals surface area contributed by atoms with E-state index in [9.17, 15) is 9.59 Å². The molecule has 0 bridgehead atoms. The van der Waals surface area contributed by atoms with Gasteiger partial charge in [-0.2, -0.15) is 0 Å². The summed E-state index contributed by atoms with van der Waals surface area (Å²) in [7, 11) is 0. The Bertz CT molecular complexity index is 397. The van der Waals surface area contributed by atoms with Crippen LogP contribution in [0.5, 0.6) is 0 Å². The third-order valence-corrected chi connectivity index (χ3v) is 4.00. The fourth-order valence-electron chi connectivity index (χ4n) is 2.59. The molecule has 0 unspecified atom stereocenters. The zero-order chi connectivity index (χ0) is 13.3. The maximum absolute atomic E-state index is 11.6. The molecule has 2 aliphatic rings. The van der Waals surface area contributed by atoms with E-state index in [2.05, 4.69) is 0 Å². The van der Waals surface area contributed by atoms with Crippen LogP contribution in [0.2, 0.25) is 0 Å². The molecular weight excluding hydrogens is 232 g/mol. The summed E-state index contributed by atoms with van der Waals surface area (Å²) in [6, 6.07) is 0. The fraction of sp³-hybridized carbons (Fsp3) is 0.714. The minimum atomic E-state index is -0.368. The molecule has 100 valence electrons. The zero-order valence-electron chi connectivity index (χ0n) is 11.2. The largest absolute Gasteiger partial charge is 0.352 e. The molecule has 2 rings (SSSR count). The summed E-state index contributed by atoms with van der Waals surface area (Å²) in [5.74, 6) is 0.298. The van der Waals surface area contributed by atoms with Crippen molar-refractivity contribution >= 4 is 11.6 Å². The second kappa shape index (κ2) is 5.33. The Morgan fingerprint density at radius 3 is 2.67 bits per heavy atom. The first-order chi connectivity index (χ1) is 8.50. The summed E-state index contributed by atoms with van der Waals surface area (Å²) in [5, 5.41) is 0. The van der Waals surface area contributed by atoms with Gasteiger partial charge in [-0.3, -0.25) is 9.59 Å². The molecule has 1 aliphatic heterocycles. The van der Waals surface area contributed by atoms with Crippen molar-refractivity contribution in [1.82, 2.24) is 0 Å². The highest BCUT2D eigenvalue weighted by Gasteiger charge is 2.37. The molecule has 1 heterocycles. The van der Waals surface area contributed by atoms with Gasteiger partial charge in [-0.15, -0.1) is 0 Å². The molecule has 3 atom stereocenters. The summed E-state index contributed by atoms with van der Waals surface area (Å²) in [5.41, 5.74) is 1.91. The van der Waals surface area contributed by atoms with Crippen molar-refractivity contribution in [1.29, 1.82) is 0 Å². The van der Waals surface area contributed by atoms with Crippen LogP contribution in [0.15, 0.2) is 11.1 Å². The van der Waals surface area contributed by atoms with E-state index in [1.807, 2.05) is 13.8 Å². The molecule has 4 nitrogen and oxygen atoms in total. The van der Waals surface area contributed by atoms with Crippen molar-refractivity contribution in [2.45, 2.75) is 39.9 Å². The van der Waals surface area contributed by atoms with Crippen LogP contribution in [-0.2, 0) is 19.1 Å². The monoisotopic (exact) mass is 252 g/mol. The fourth-order valence-corrected chi connectivity index (χ4v) is 2.59. The number of ether oxygens (including phenoxy) is 2. The summed E-state index contributed by atoms with van der Waals surface area (Å²) < 4.78 is 11.2. The van der Waals surface area contributed by atoms with Gasteiger partial charge in [-0.05, 0) is 20.3 Å². The highest BCUT2D eigenvalue weighted by molar-refractivity contribution is 5.98. The Morgan fingerprint density at radius 1 is 1.44 bits per heavy atom. The quantitative estimate of drug-likeness (QED) is 0.766. The van der Waals surface area contributed by atoms with Gasteiger partial charge < -0.3 is 9.47 Å². The third-order valence-electron chi connectivity index (χ3n) is 4.00. The maximum Gasteiger partial charge on any atom is 0.161 e. The van der Waals surface area contributed by atoms with Crippen LogP contribution in [0, 0.1) is 11.8 Å². The highest BCUT2D eigenvalue weighted by Crippen LogP contribution is 2.30. The van der Waals surface area contributed by atoms with Crippen LogP contribution < -0.4 is 0 Å². The van der Waals surface area contributed by atoms with E-state index in [0.29, 0.717) is 19.6 Å². The Hall–Kier alpha value is -1.00. The van der Waals surface area contributed by atoms with Gasteiger partial charge in [-0.1, -0.05) is 12.5 Å². The maximum atomic E-state index is 11.6. The van der Waals surface area contributed by atoms with Crippen LogP contribution in [0.1, 0.15) is 33.6 Å². The summed E-state index contributed by atoms with van der Waals surface area (Å²) >= 11 is 0. The summed E-state index contributed by atoms with van der Waals surface area (Å²) in [6.07, 6.45) is 1.07. The first kappa shape index (κ1) is 13.4. The molecule has 1 saturated heterocycles. The standard InChI is InChI=1S/C14H20O4/c1-8-4-5-13(16)11(8)6-17-14-9(2)12(7-18-14)10(3)15/h9,12,14H,4-7H2,1-3H3/t9-,12-,14-/m1/s1. The molecule has 0 N–H and O–H groups in total. The molecule has 1 aliphatic carbocycles. The second-order valence-corrected chi connectivity index (χ2v) is 5.27. The Kier molecular flexibility index (Phi) is 3.97. The topological polar surface area (TPSA) is 52.6 Å². The van der Waals surface area contributed by atoms with E-state index in [4.69, 9.17) is 9.47 Å². The predicted molar refractivity (Wildman–Crippen MR) is 66.0 cm³/mol. The first-order valence-electron chi connectivity index (χ1n) is 6.46. The SMILES string of the molecule is CC(=O)[C@@H]1CO[C@@H](OCC2=C(C)CCC2=O)[C@@H]1C. The number of carbonyl (C=O) groups excluding carboxylic acids is 2. The minimum Gasteiger partial charge on any atom is -0.352 e. The Morgan fingerprint density at radius 2 is 2.17 bits per heavy atom. The highest BCUT2D eigenvalue weighted by atomic mass is 16.7. The van der Waals surface area contributed by atoms with E-state index in [1.54, 1.807) is 6.92 Å². The molecule has 0 saturated carbocycles. The van der Waals surface area contributed by atoms with Crippen molar-refractivity contribution in [2.75, 3.05) is 13.2 Å². The molecule has 0 amide bonds. The van der Waals surface area contributed by atoms with Gasteiger partial charge >= 0.3 is 0 Å². The number of Topliss-reactive ketones (excluding diaryl/α,β-unsaturated/α-hetero) is 2. The number of carbonyl (C=O) groups is 2. The van der Waals surface area contributed by atoms with Crippen molar-refractivity contribution in [3.8, 4) is 0 Å². The number of hydrogen-bond donors (Lipinski definition) is 0. The number of hydrogen-bond acceptors (Lipinski definition) is 4. The number of allylic oxidation sites excluding steroid dienone is 1. The Labute approximate surface area is 107 Å². The van der Waals surface area contributed by atoms with Crippen molar-refractivity contribution in [2.24, 2.45) is 11.8 Å². The summed E-state index contributed by atoms with van der Waals surface area (Å²) in [4.78, 5) is 23.0. The molecule has 0 radical (unpaired) electrons. The summed E-state index contributed by atoms with van der Waals surface area (Å²) in [6.45, 7) is 6.25. The first-order valence-corrected chi connectivity index (χ1v) is 6.46. The van der Waals surface area contributed by atoms with Gasteiger partial charge in [0.25, 0.3) is 0 Å². The van der Waals surface area contributed by atoms with Crippen LogP contribution in [0.3, 0.4) is 0 Å². The molecule has 0 aromatic carbocycles. The molecule has 0 aromatic heterocycles. The molecule has 4 heteroatoms. The number of ketones is 2. The molecule has 0 aromatic rings. The van der Waals surface area contributed by atoms with Gasteiger partial charge in [0, 0.05) is 23.8 Å². The number of rotatable bonds is 4. The van der Waals surface area contributed by atoms with E-state index in [1.165, 1.54) is 0 Å². The van der Waals surface area contributed by atoms with Crippen molar-refractivity contribution < 1.29 is 19.1 Å². The normalized spacial score (nSPS) is 32.4. The minimum absolute atomic E-state index is 0.0555. The lowest BCUT2D eigenvalue weighted by Gasteiger charge is -2.18. The lowest BCUT2D eigenvalue weighted by molar-refractivity contribution is -0.128. The van der Waals surface area contributed by atoms with Gasteiger partial charge in [0.05, 0.1) is 13.2 Å². The molecular formula is C14H20O4. The predicted octanol–water partition coefficient (Wildman–Crippen LogP) is 1.88. The van der Waals surface area contributed by atoms with E-state index in [-0.39, 0.29) is 29.7 Å². The van der Waals surface area contributed by atoms with Crippen LogP contribution >= 0.6 is 0 Å². The van der Waals surface area contributed by atoms with Crippen molar-refractivity contribution in [3.05, 3.63) is 11.1 Å². The van der Waals surface area contributed by atoms with E-state index >= 15 is 0 Å². The smallest absolute Gasteiger partial charge is 0.161 e. The molecule has 1 fully saturated rings. The second-order valence-electron chi connectivity index (χ2n) is 5.27. The van der Waals surface area contributed by atoms with Crippen LogP contribution in [0.25, 0.3) is 0 Å². The molecule has 0 spiro atoms. The van der Waals surface area contributed by atoms with E-state index < -0.39 is 0 Å². The van der Waals surface area contributed by atoms with Crippen LogP contribution in [0.4, 0.5) is 0 Å². The van der Waals surface area contributed by atoms with Gasteiger partial charge in [0.15, 0.2) is 12.1 Å². The van der Waals surface area contributed by atoms with Gasteiger partial charge in [0.1, 0.15) is 5.78 Å². The van der Waals surface area contributed by atoms with Crippen LogP contribution in [-0.4, -0.2) is 31.1 Å². The lowest BCUT2D eigenvalue weighted by atomic mass is 9.93.